The van der Waals surface area contributed by atoms with Crippen LogP contribution < -0.4 is 5.73 Å². The van der Waals surface area contributed by atoms with E-state index in [0.717, 1.165) is 19.6 Å². The quantitative estimate of drug-likeness (QED) is 0.867. The van der Waals surface area contributed by atoms with Gasteiger partial charge in [-0.25, -0.2) is 0 Å². The zero-order valence-corrected chi connectivity index (χ0v) is 11.1. The fourth-order valence-electron chi connectivity index (χ4n) is 2.80. The summed E-state index contributed by atoms with van der Waals surface area (Å²) in [5.41, 5.74) is 7.22. The monoisotopic (exact) mass is 236 g/mol. The van der Waals surface area contributed by atoms with Gasteiger partial charge in [0.25, 0.3) is 0 Å². The molecule has 2 atom stereocenters. The highest BCUT2D eigenvalue weighted by atomic mass is 15.3. The molecule has 1 fully saturated rings. The zero-order chi connectivity index (χ0) is 12.4. The summed E-state index contributed by atoms with van der Waals surface area (Å²) in [4.78, 5) is 2.51. The Morgan fingerprint density at radius 1 is 1.53 bits per heavy atom. The number of nitrogens with two attached hydrogens (primary N) is 1. The molecule has 0 saturated carbocycles. The van der Waals surface area contributed by atoms with Crippen molar-refractivity contribution in [1.29, 1.82) is 0 Å². The Labute approximate surface area is 104 Å². The standard InChI is InChI=1S/C13H24N4/c1-4-16-6-5-11(7-14)13(16)12-8-15-17(9-12)10(2)3/h8-11,13H,4-7,14H2,1-3H3. The maximum Gasteiger partial charge on any atom is 0.0537 e. The fourth-order valence-corrected chi connectivity index (χ4v) is 2.80. The van der Waals surface area contributed by atoms with Crippen LogP contribution in [0.1, 0.15) is 44.8 Å². The smallest absolute Gasteiger partial charge is 0.0537 e. The van der Waals surface area contributed by atoms with Crippen molar-refractivity contribution in [3.05, 3.63) is 18.0 Å². The molecule has 2 heterocycles. The summed E-state index contributed by atoms with van der Waals surface area (Å²) in [5, 5.41) is 4.45. The average Bonchev–Trinajstić information content (AvgIpc) is 2.94. The van der Waals surface area contributed by atoms with Crippen LogP contribution >= 0.6 is 0 Å². The van der Waals surface area contributed by atoms with Gasteiger partial charge < -0.3 is 5.73 Å². The van der Waals surface area contributed by atoms with Crippen LogP contribution in [0.3, 0.4) is 0 Å². The van der Waals surface area contributed by atoms with Crippen LogP contribution in [0.5, 0.6) is 0 Å². The minimum absolute atomic E-state index is 0.427. The van der Waals surface area contributed by atoms with Gasteiger partial charge in [0.15, 0.2) is 0 Å². The van der Waals surface area contributed by atoms with E-state index >= 15 is 0 Å². The molecule has 4 nitrogen and oxygen atoms in total. The molecule has 2 N–H and O–H groups in total. The minimum Gasteiger partial charge on any atom is -0.330 e. The van der Waals surface area contributed by atoms with Crippen molar-refractivity contribution in [2.75, 3.05) is 19.6 Å². The molecule has 2 unspecified atom stereocenters. The van der Waals surface area contributed by atoms with Crippen LogP contribution in [-0.2, 0) is 0 Å². The first-order valence-electron chi connectivity index (χ1n) is 6.65. The zero-order valence-electron chi connectivity index (χ0n) is 11.1. The van der Waals surface area contributed by atoms with Gasteiger partial charge in [0.2, 0.25) is 0 Å². The number of hydrogen-bond acceptors (Lipinski definition) is 3. The molecule has 1 aliphatic heterocycles. The van der Waals surface area contributed by atoms with E-state index in [1.807, 2.05) is 10.9 Å². The SMILES string of the molecule is CCN1CCC(CN)C1c1cnn(C(C)C)c1. The van der Waals surface area contributed by atoms with Gasteiger partial charge in [-0.2, -0.15) is 5.10 Å². The van der Waals surface area contributed by atoms with Crippen molar-refractivity contribution < 1.29 is 0 Å². The van der Waals surface area contributed by atoms with E-state index in [0.29, 0.717) is 18.0 Å². The maximum absolute atomic E-state index is 5.89. The molecule has 0 aliphatic carbocycles. The number of aromatic nitrogens is 2. The Kier molecular flexibility index (Phi) is 3.84. The second-order valence-electron chi connectivity index (χ2n) is 5.21. The highest BCUT2D eigenvalue weighted by Crippen LogP contribution is 2.36. The van der Waals surface area contributed by atoms with Gasteiger partial charge in [-0.1, -0.05) is 6.92 Å². The van der Waals surface area contributed by atoms with Crippen LogP contribution in [0.15, 0.2) is 12.4 Å². The van der Waals surface area contributed by atoms with Gasteiger partial charge in [0, 0.05) is 23.8 Å². The van der Waals surface area contributed by atoms with Crippen molar-refractivity contribution in [2.24, 2.45) is 11.7 Å². The lowest BCUT2D eigenvalue weighted by molar-refractivity contribution is 0.241. The third-order valence-electron chi connectivity index (χ3n) is 3.83. The topological polar surface area (TPSA) is 47.1 Å². The second-order valence-corrected chi connectivity index (χ2v) is 5.21. The van der Waals surface area contributed by atoms with E-state index in [2.05, 4.69) is 37.0 Å². The van der Waals surface area contributed by atoms with Gasteiger partial charge in [-0.15, -0.1) is 0 Å². The van der Waals surface area contributed by atoms with Gasteiger partial charge in [-0.3, -0.25) is 9.58 Å². The third-order valence-corrected chi connectivity index (χ3v) is 3.83. The summed E-state index contributed by atoms with van der Waals surface area (Å²) < 4.78 is 2.04. The van der Waals surface area contributed by atoms with Gasteiger partial charge in [-0.05, 0) is 45.8 Å². The molecule has 0 spiro atoms. The predicted molar refractivity (Wildman–Crippen MR) is 69.8 cm³/mol. The Bertz CT molecular complexity index is 346. The first-order chi connectivity index (χ1) is 8.17. The van der Waals surface area contributed by atoms with Crippen LogP contribution in [0.25, 0.3) is 0 Å². The highest BCUT2D eigenvalue weighted by molar-refractivity contribution is 5.14. The van der Waals surface area contributed by atoms with E-state index in [-0.39, 0.29) is 0 Å². The van der Waals surface area contributed by atoms with Crippen molar-refractivity contribution in [1.82, 2.24) is 14.7 Å². The van der Waals surface area contributed by atoms with Crippen LogP contribution in [-0.4, -0.2) is 34.3 Å². The van der Waals surface area contributed by atoms with Crippen molar-refractivity contribution in [3.63, 3.8) is 0 Å². The first kappa shape index (κ1) is 12.6. The summed E-state index contributed by atoms with van der Waals surface area (Å²) in [6, 6.07) is 0.897. The van der Waals surface area contributed by atoms with E-state index in [1.165, 1.54) is 12.0 Å². The molecule has 0 radical (unpaired) electrons. The van der Waals surface area contributed by atoms with E-state index in [4.69, 9.17) is 5.73 Å². The molecule has 0 amide bonds. The number of likely N-dealkylation sites (tertiary alicyclic amines) is 1. The summed E-state index contributed by atoms with van der Waals surface area (Å²) >= 11 is 0. The van der Waals surface area contributed by atoms with Crippen LogP contribution in [0, 0.1) is 5.92 Å². The summed E-state index contributed by atoms with van der Waals surface area (Å²) in [7, 11) is 0. The lowest BCUT2D eigenvalue weighted by Crippen LogP contribution is -2.27. The maximum atomic E-state index is 5.89. The molecule has 96 valence electrons. The molecule has 1 aromatic rings. The summed E-state index contributed by atoms with van der Waals surface area (Å²) in [5.74, 6) is 0.583. The molecular weight excluding hydrogens is 212 g/mol. The van der Waals surface area contributed by atoms with Crippen molar-refractivity contribution >= 4 is 0 Å². The Hall–Kier alpha value is -0.870. The Morgan fingerprint density at radius 3 is 2.82 bits per heavy atom. The summed E-state index contributed by atoms with van der Waals surface area (Å²) in [6.45, 7) is 9.56. The van der Waals surface area contributed by atoms with Crippen molar-refractivity contribution in [3.8, 4) is 0 Å². The molecule has 1 aromatic heterocycles. The minimum atomic E-state index is 0.427. The number of nitrogens with zero attached hydrogens (tertiary/aromatic N) is 3. The lowest BCUT2D eigenvalue weighted by atomic mass is 9.96. The van der Waals surface area contributed by atoms with E-state index in [1.54, 1.807) is 0 Å². The number of rotatable bonds is 4. The largest absolute Gasteiger partial charge is 0.330 e. The van der Waals surface area contributed by atoms with Gasteiger partial charge >= 0.3 is 0 Å². The molecule has 2 rings (SSSR count). The Morgan fingerprint density at radius 2 is 2.29 bits per heavy atom. The van der Waals surface area contributed by atoms with Crippen LogP contribution in [0.4, 0.5) is 0 Å². The Balaban J connectivity index is 2.22. The molecule has 0 bridgehead atoms. The second kappa shape index (κ2) is 5.19. The number of hydrogen-bond donors (Lipinski definition) is 1. The highest BCUT2D eigenvalue weighted by Gasteiger charge is 2.34. The fraction of sp³-hybridized carbons (Fsp3) is 0.769. The van der Waals surface area contributed by atoms with Crippen molar-refractivity contribution in [2.45, 2.75) is 39.3 Å². The lowest BCUT2D eigenvalue weighted by Gasteiger charge is -2.25. The molecule has 0 aromatic carbocycles. The first-order valence-corrected chi connectivity index (χ1v) is 6.65. The predicted octanol–water partition coefficient (Wildman–Crippen LogP) is 1.81. The molecule has 17 heavy (non-hydrogen) atoms. The normalized spacial score (nSPS) is 25.9. The molecular formula is C13H24N4. The van der Waals surface area contributed by atoms with Crippen LogP contribution in [0.2, 0.25) is 0 Å². The third kappa shape index (κ3) is 2.38. The van der Waals surface area contributed by atoms with Gasteiger partial charge in [0.1, 0.15) is 0 Å². The van der Waals surface area contributed by atoms with E-state index < -0.39 is 0 Å². The van der Waals surface area contributed by atoms with Gasteiger partial charge in [0.05, 0.1) is 6.20 Å². The summed E-state index contributed by atoms with van der Waals surface area (Å²) in [6.07, 6.45) is 5.41. The van der Waals surface area contributed by atoms with E-state index in [9.17, 15) is 0 Å². The average molecular weight is 236 g/mol. The molecule has 4 heteroatoms. The molecule has 1 saturated heterocycles. The molecule has 1 aliphatic rings.